The number of carbonyl (C=O) groups excluding carboxylic acids is 1. The minimum absolute atomic E-state index is 0.0515. The lowest BCUT2D eigenvalue weighted by Gasteiger charge is -2.27. The quantitative estimate of drug-likeness (QED) is 0.758. The Morgan fingerprint density at radius 1 is 1.32 bits per heavy atom. The van der Waals surface area contributed by atoms with E-state index in [0.29, 0.717) is 18.5 Å². The number of carbonyl (C=O) groups is 1. The van der Waals surface area contributed by atoms with E-state index in [0.717, 1.165) is 25.8 Å². The fraction of sp³-hybridized carbons (Fsp3) is 0.611. The zero-order chi connectivity index (χ0) is 15.8. The summed E-state index contributed by atoms with van der Waals surface area (Å²) in [5.74, 6) is 0.336. The van der Waals surface area contributed by atoms with Gasteiger partial charge in [-0.05, 0) is 31.7 Å². The second kappa shape index (κ2) is 8.91. The van der Waals surface area contributed by atoms with E-state index >= 15 is 0 Å². The minimum atomic E-state index is -0.137. The summed E-state index contributed by atoms with van der Waals surface area (Å²) in [4.78, 5) is 12.3. The van der Waals surface area contributed by atoms with Gasteiger partial charge in [-0.15, -0.1) is 0 Å². The first-order chi connectivity index (χ1) is 10.7. The van der Waals surface area contributed by atoms with Crippen LogP contribution in [0.1, 0.15) is 26.2 Å². The standard InChI is InChI=1S/C18H28N2O2/c1-14(17(22-2)16-10-7-12-19-16)18(21)20-13-11-15-8-5-3-4-6-9-15/h3-6,8-9,14-17,19H,7,10-13H2,1-2H3,(H,20,21)/t14?,16-,17?/m0/s1. The van der Waals surface area contributed by atoms with Crippen molar-refractivity contribution < 1.29 is 9.53 Å². The lowest BCUT2D eigenvalue weighted by molar-refractivity contribution is -0.129. The SMILES string of the molecule is COC(C(C)C(=O)NCCC1C=CC=CC=C1)[C@@H]1CCCN1. The van der Waals surface area contributed by atoms with E-state index in [-0.39, 0.29) is 17.9 Å². The van der Waals surface area contributed by atoms with Crippen molar-refractivity contribution in [2.45, 2.75) is 38.3 Å². The van der Waals surface area contributed by atoms with Crippen LogP contribution in [0.3, 0.4) is 0 Å². The Bertz CT molecular complexity index is 420. The van der Waals surface area contributed by atoms with Crippen LogP contribution in [0.25, 0.3) is 0 Å². The maximum absolute atomic E-state index is 12.3. The zero-order valence-corrected chi connectivity index (χ0v) is 13.6. The van der Waals surface area contributed by atoms with Gasteiger partial charge < -0.3 is 15.4 Å². The first-order valence-corrected chi connectivity index (χ1v) is 8.28. The highest BCUT2D eigenvalue weighted by atomic mass is 16.5. The van der Waals surface area contributed by atoms with Gasteiger partial charge in [-0.25, -0.2) is 0 Å². The van der Waals surface area contributed by atoms with Crippen molar-refractivity contribution in [3.8, 4) is 0 Å². The lowest BCUT2D eigenvalue weighted by atomic mass is 9.95. The van der Waals surface area contributed by atoms with Gasteiger partial charge in [0.05, 0.1) is 12.0 Å². The van der Waals surface area contributed by atoms with Gasteiger partial charge in [-0.3, -0.25) is 4.79 Å². The molecule has 0 spiro atoms. The Kier molecular flexibility index (Phi) is 6.87. The zero-order valence-electron chi connectivity index (χ0n) is 13.6. The van der Waals surface area contributed by atoms with E-state index in [1.807, 2.05) is 19.1 Å². The van der Waals surface area contributed by atoms with Gasteiger partial charge in [-0.2, -0.15) is 0 Å². The van der Waals surface area contributed by atoms with Crippen LogP contribution in [0.15, 0.2) is 36.5 Å². The number of methoxy groups -OCH3 is 1. The van der Waals surface area contributed by atoms with Crippen molar-refractivity contribution in [1.82, 2.24) is 10.6 Å². The van der Waals surface area contributed by atoms with Gasteiger partial charge >= 0.3 is 0 Å². The molecular weight excluding hydrogens is 276 g/mol. The van der Waals surface area contributed by atoms with Crippen molar-refractivity contribution in [3.63, 3.8) is 0 Å². The monoisotopic (exact) mass is 304 g/mol. The summed E-state index contributed by atoms with van der Waals surface area (Å²) in [6.45, 7) is 3.67. The highest BCUT2D eigenvalue weighted by Gasteiger charge is 2.32. The van der Waals surface area contributed by atoms with Crippen LogP contribution in [-0.2, 0) is 9.53 Å². The van der Waals surface area contributed by atoms with Crippen LogP contribution < -0.4 is 10.6 Å². The fourth-order valence-corrected chi connectivity index (χ4v) is 3.18. The highest BCUT2D eigenvalue weighted by molar-refractivity contribution is 5.79. The summed E-state index contributed by atoms with van der Waals surface area (Å²) < 4.78 is 5.58. The molecule has 0 radical (unpaired) electrons. The topological polar surface area (TPSA) is 50.4 Å². The van der Waals surface area contributed by atoms with Gasteiger partial charge in [0.15, 0.2) is 0 Å². The van der Waals surface area contributed by atoms with E-state index in [1.54, 1.807) is 7.11 Å². The Labute approximate surface area is 133 Å². The largest absolute Gasteiger partial charge is 0.379 e. The number of hydrogen-bond donors (Lipinski definition) is 2. The maximum atomic E-state index is 12.3. The molecule has 1 heterocycles. The lowest BCUT2D eigenvalue weighted by Crippen LogP contribution is -2.46. The fourth-order valence-electron chi connectivity index (χ4n) is 3.18. The molecule has 1 fully saturated rings. The number of nitrogens with one attached hydrogen (secondary N) is 2. The van der Waals surface area contributed by atoms with Gasteiger partial charge in [0.25, 0.3) is 0 Å². The highest BCUT2D eigenvalue weighted by Crippen LogP contribution is 2.19. The third kappa shape index (κ3) is 4.82. The van der Waals surface area contributed by atoms with Crippen molar-refractivity contribution in [2.24, 2.45) is 11.8 Å². The van der Waals surface area contributed by atoms with E-state index in [4.69, 9.17) is 4.74 Å². The minimum Gasteiger partial charge on any atom is -0.379 e. The van der Waals surface area contributed by atoms with Gasteiger partial charge in [0, 0.05) is 19.7 Å². The van der Waals surface area contributed by atoms with Crippen molar-refractivity contribution >= 4 is 5.91 Å². The van der Waals surface area contributed by atoms with Crippen molar-refractivity contribution in [3.05, 3.63) is 36.5 Å². The molecule has 4 nitrogen and oxygen atoms in total. The third-order valence-corrected chi connectivity index (χ3v) is 4.50. The van der Waals surface area contributed by atoms with E-state index in [1.165, 1.54) is 0 Å². The number of ether oxygens (including phenoxy) is 1. The second-order valence-electron chi connectivity index (χ2n) is 6.09. The molecule has 0 saturated carbocycles. The van der Waals surface area contributed by atoms with Gasteiger partial charge in [-0.1, -0.05) is 43.4 Å². The molecule has 2 rings (SSSR count). The molecule has 0 aromatic heterocycles. The van der Waals surface area contributed by atoms with Gasteiger partial charge in [0.1, 0.15) is 0 Å². The molecule has 2 aliphatic rings. The molecule has 22 heavy (non-hydrogen) atoms. The summed E-state index contributed by atoms with van der Waals surface area (Å²) in [7, 11) is 1.70. The van der Waals surface area contributed by atoms with Crippen LogP contribution in [0.2, 0.25) is 0 Å². The summed E-state index contributed by atoms with van der Waals surface area (Å²) >= 11 is 0. The average molecular weight is 304 g/mol. The molecule has 0 aromatic carbocycles. The Balaban J connectivity index is 1.75. The Hall–Kier alpha value is -1.39. The Morgan fingerprint density at radius 2 is 2.05 bits per heavy atom. The summed E-state index contributed by atoms with van der Waals surface area (Å²) in [5.41, 5.74) is 0. The molecule has 2 N–H and O–H groups in total. The van der Waals surface area contributed by atoms with Crippen LogP contribution in [0, 0.1) is 11.8 Å². The van der Waals surface area contributed by atoms with Gasteiger partial charge in [0.2, 0.25) is 5.91 Å². The van der Waals surface area contributed by atoms with Crippen LogP contribution in [0.5, 0.6) is 0 Å². The predicted octanol–water partition coefficient (Wildman–Crippen LogP) is 2.19. The Morgan fingerprint density at radius 3 is 2.64 bits per heavy atom. The third-order valence-electron chi connectivity index (χ3n) is 4.50. The predicted molar refractivity (Wildman–Crippen MR) is 89.5 cm³/mol. The average Bonchev–Trinajstić information content (AvgIpc) is 2.92. The molecule has 122 valence electrons. The van der Waals surface area contributed by atoms with Crippen molar-refractivity contribution in [2.75, 3.05) is 20.2 Å². The molecule has 1 aliphatic carbocycles. The summed E-state index contributed by atoms with van der Waals surface area (Å²) in [5, 5.41) is 6.48. The van der Waals surface area contributed by atoms with Crippen LogP contribution in [-0.4, -0.2) is 38.3 Å². The van der Waals surface area contributed by atoms with Crippen molar-refractivity contribution in [1.29, 1.82) is 0 Å². The second-order valence-corrected chi connectivity index (χ2v) is 6.09. The molecule has 3 atom stereocenters. The molecule has 1 saturated heterocycles. The number of hydrogen-bond acceptors (Lipinski definition) is 3. The number of rotatable bonds is 7. The number of allylic oxidation sites excluding steroid dienone is 6. The first-order valence-electron chi connectivity index (χ1n) is 8.28. The molecule has 1 aliphatic heterocycles. The van der Waals surface area contributed by atoms with E-state index in [9.17, 15) is 4.79 Å². The van der Waals surface area contributed by atoms with Crippen LogP contribution in [0.4, 0.5) is 0 Å². The molecule has 4 heteroatoms. The normalized spacial score (nSPS) is 24.2. The molecule has 2 unspecified atom stereocenters. The van der Waals surface area contributed by atoms with E-state index in [2.05, 4.69) is 34.9 Å². The summed E-state index contributed by atoms with van der Waals surface area (Å²) in [6.07, 6.45) is 15.6. The van der Waals surface area contributed by atoms with E-state index < -0.39 is 0 Å². The smallest absolute Gasteiger partial charge is 0.225 e. The summed E-state index contributed by atoms with van der Waals surface area (Å²) in [6, 6.07) is 0.296. The molecule has 1 amide bonds. The molecule has 0 aromatic rings. The maximum Gasteiger partial charge on any atom is 0.225 e. The first kappa shape index (κ1) is 17.0. The molecular formula is C18H28N2O2. The number of amides is 1. The molecule has 0 bridgehead atoms. The van der Waals surface area contributed by atoms with Crippen LogP contribution >= 0.6 is 0 Å².